The zero-order chi connectivity index (χ0) is 21.3. The number of carbonyl (C=O) groups is 1. The van der Waals surface area contributed by atoms with E-state index in [-0.39, 0.29) is 28.7 Å². The second-order valence-electron chi connectivity index (χ2n) is 7.26. The van der Waals surface area contributed by atoms with Crippen molar-refractivity contribution in [1.82, 2.24) is 0 Å². The third-order valence-electron chi connectivity index (χ3n) is 5.17. The molecule has 30 heavy (non-hydrogen) atoms. The van der Waals surface area contributed by atoms with Crippen molar-refractivity contribution in [3.05, 3.63) is 59.1 Å². The van der Waals surface area contributed by atoms with Crippen LogP contribution in [0.3, 0.4) is 0 Å². The van der Waals surface area contributed by atoms with Crippen molar-refractivity contribution in [2.75, 3.05) is 23.5 Å². The third-order valence-corrected chi connectivity index (χ3v) is 8.68. The van der Waals surface area contributed by atoms with Crippen molar-refractivity contribution in [2.45, 2.75) is 24.1 Å². The lowest BCUT2D eigenvalue weighted by atomic mass is 10.1. The van der Waals surface area contributed by atoms with E-state index < -0.39 is 9.84 Å². The number of aryl methyl sites for hydroxylation is 1. The number of ether oxygens (including phenoxy) is 1. The summed E-state index contributed by atoms with van der Waals surface area (Å²) < 4.78 is 29.6. The molecular weight excluding hydrogens is 444 g/mol. The topological polar surface area (TPSA) is 76.0 Å². The number of sulfone groups is 1. The van der Waals surface area contributed by atoms with E-state index in [0.717, 1.165) is 5.56 Å². The normalized spacial score (nSPS) is 23.5. The minimum atomic E-state index is -3.13. The van der Waals surface area contributed by atoms with E-state index in [9.17, 15) is 13.2 Å². The van der Waals surface area contributed by atoms with Gasteiger partial charge in [0.1, 0.15) is 5.75 Å². The van der Waals surface area contributed by atoms with Gasteiger partial charge in [-0.2, -0.15) is 4.99 Å². The number of rotatable bonds is 5. The number of aliphatic imine (C=N–C) groups is 1. The van der Waals surface area contributed by atoms with Crippen LogP contribution in [0.15, 0.2) is 53.5 Å². The van der Waals surface area contributed by atoms with Crippen molar-refractivity contribution in [3.63, 3.8) is 0 Å². The van der Waals surface area contributed by atoms with E-state index >= 15 is 0 Å². The summed E-state index contributed by atoms with van der Waals surface area (Å²) in [6.45, 7) is 0. The van der Waals surface area contributed by atoms with Gasteiger partial charge >= 0.3 is 0 Å². The van der Waals surface area contributed by atoms with Crippen LogP contribution in [0.1, 0.15) is 12.0 Å². The van der Waals surface area contributed by atoms with Crippen molar-refractivity contribution in [1.29, 1.82) is 0 Å². The van der Waals surface area contributed by atoms with Crippen molar-refractivity contribution >= 4 is 50.0 Å². The van der Waals surface area contributed by atoms with Gasteiger partial charge in [0.2, 0.25) is 5.91 Å². The first-order valence-corrected chi connectivity index (χ1v) is 12.6. The molecular formula is C21H21ClN2O4S2. The average molecular weight is 465 g/mol. The van der Waals surface area contributed by atoms with Crippen molar-refractivity contribution < 1.29 is 17.9 Å². The number of benzene rings is 2. The van der Waals surface area contributed by atoms with Crippen molar-refractivity contribution in [2.24, 2.45) is 4.99 Å². The van der Waals surface area contributed by atoms with Gasteiger partial charge in [-0.15, -0.1) is 0 Å². The number of fused-ring (bicyclic) bond motifs is 1. The number of hydrogen-bond acceptors (Lipinski definition) is 5. The zero-order valence-electron chi connectivity index (χ0n) is 16.3. The number of amidine groups is 1. The first kappa shape index (κ1) is 21.2. The summed E-state index contributed by atoms with van der Waals surface area (Å²) in [6.07, 6.45) is 0.898. The highest BCUT2D eigenvalue weighted by atomic mass is 35.5. The summed E-state index contributed by atoms with van der Waals surface area (Å²) in [4.78, 5) is 18.8. The van der Waals surface area contributed by atoms with Crippen LogP contribution in [-0.4, -0.2) is 49.4 Å². The largest absolute Gasteiger partial charge is 0.495 e. The van der Waals surface area contributed by atoms with Gasteiger partial charge in [0.05, 0.1) is 29.7 Å². The quantitative estimate of drug-likeness (QED) is 0.673. The zero-order valence-corrected chi connectivity index (χ0v) is 18.7. The average Bonchev–Trinajstić information content (AvgIpc) is 3.17. The minimum absolute atomic E-state index is 0.0333. The Hall–Kier alpha value is -2.03. The maximum absolute atomic E-state index is 12.6. The lowest BCUT2D eigenvalue weighted by molar-refractivity contribution is -0.117. The third kappa shape index (κ3) is 4.50. The number of hydrogen-bond donors (Lipinski definition) is 0. The number of methoxy groups -OCH3 is 1. The molecule has 2 atom stereocenters. The Balaban J connectivity index is 1.60. The molecule has 9 heteroatoms. The predicted octanol–water partition coefficient (Wildman–Crippen LogP) is 3.58. The molecule has 0 unspecified atom stereocenters. The summed E-state index contributed by atoms with van der Waals surface area (Å²) >= 11 is 7.65. The smallest absolute Gasteiger partial charge is 0.248 e. The van der Waals surface area contributed by atoms with E-state index in [2.05, 4.69) is 4.99 Å². The molecule has 2 saturated heterocycles. The van der Waals surface area contributed by atoms with Crippen LogP contribution in [0.5, 0.6) is 5.75 Å². The summed E-state index contributed by atoms with van der Waals surface area (Å²) in [5.41, 5.74) is 1.78. The molecule has 0 aliphatic carbocycles. The molecule has 0 N–H and O–H groups in total. The molecule has 6 nitrogen and oxygen atoms in total. The first-order valence-electron chi connectivity index (χ1n) is 9.51. The molecule has 2 fully saturated rings. The summed E-state index contributed by atoms with van der Waals surface area (Å²) in [5.74, 6) is 0.417. The van der Waals surface area contributed by atoms with Gasteiger partial charge in [0, 0.05) is 17.4 Å². The highest BCUT2D eigenvalue weighted by molar-refractivity contribution is 8.16. The monoisotopic (exact) mass is 464 g/mol. The Morgan fingerprint density at radius 2 is 2.00 bits per heavy atom. The fourth-order valence-corrected chi connectivity index (χ4v) is 7.91. The fraction of sp³-hybridized carbons (Fsp3) is 0.333. The Morgan fingerprint density at radius 1 is 1.23 bits per heavy atom. The van der Waals surface area contributed by atoms with Gasteiger partial charge in [-0.25, -0.2) is 8.42 Å². The van der Waals surface area contributed by atoms with Gasteiger partial charge in [0.15, 0.2) is 15.0 Å². The van der Waals surface area contributed by atoms with Crippen molar-refractivity contribution in [3.8, 4) is 5.75 Å². The van der Waals surface area contributed by atoms with E-state index in [1.165, 1.54) is 18.9 Å². The molecule has 158 valence electrons. The number of thioether (sulfide) groups is 1. The molecule has 0 spiro atoms. The Morgan fingerprint density at radius 3 is 2.70 bits per heavy atom. The lowest BCUT2D eigenvalue weighted by Crippen LogP contribution is -2.37. The first-order chi connectivity index (χ1) is 14.4. The van der Waals surface area contributed by atoms with E-state index in [4.69, 9.17) is 16.3 Å². The molecule has 2 aromatic carbocycles. The van der Waals surface area contributed by atoms with Gasteiger partial charge in [-0.05, 0) is 30.2 Å². The lowest BCUT2D eigenvalue weighted by Gasteiger charge is -2.25. The second-order valence-corrected chi connectivity index (χ2v) is 11.0. The van der Waals surface area contributed by atoms with Gasteiger partial charge < -0.3 is 9.64 Å². The van der Waals surface area contributed by atoms with Crippen LogP contribution in [0, 0.1) is 0 Å². The maximum atomic E-state index is 12.6. The molecule has 4 rings (SSSR count). The highest BCUT2D eigenvalue weighted by Crippen LogP contribution is 2.42. The molecule has 0 bridgehead atoms. The summed E-state index contributed by atoms with van der Waals surface area (Å²) in [5, 5.41) is 0.787. The number of amides is 1. The molecule has 2 aromatic rings. The van der Waals surface area contributed by atoms with Gasteiger partial charge in [-0.1, -0.05) is 53.7 Å². The van der Waals surface area contributed by atoms with Crippen LogP contribution in [0.25, 0.3) is 0 Å². The Bertz CT molecular complexity index is 1090. The van der Waals surface area contributed by atoms with Crippen LogP contribution in [-0.2, 0) is 21.1 Å². The SMILES string of the molecule is COc1ccc(N2C(=NC(=O)CCc3ccccc3)S[C@H]3CS(=O)(=O)C[C@@H]32)cc1Cl. The molecule has 2 aliphatic heterocycles. The molecule has 2 aliphatic rings. The molecule has 1 amide bonds. The number of anilines is 1. The van der Waals surface area contributed by atoms with Gasteiger partial charge in [0.25, 0.3) is 0 Å². The van der Waals surface area contributed by atoms with Gasteiger partial charge in [-0.3, -0.25) is 4.79 Å². The predicted molar refractivity (Wildman–Crippen MR) is 122 cm³/mol. The Labute approximate surface area is 185 Å². The fourth-order valence-electron chi connectivity index (χ4n) is 3.73. The molecule has 0 aromatic heterocycles. The van der Waals surface area contributed by atoms with Crippen LogP contribution >= 0.6 is 23.4 Å². The van der Waals surface area contributed by atoms with Crippen LogP contribution in [0.4, 0.5) is 5.69 Å². The molecule has 0 saturated carbocycles. The summed E-state index contributed by atoms with van der Waals surface area (Å²) in [7, 11) is -1.60. The van der Waals surface area contributed by atoms with Crippen LogP contribution in [0.2, 0.25) is 5.02 Å². The number of halogens is 1. The van der Waals surface area contributed by atoms with E-state index in [0.29, 0.717) is 34.5 Å². The number of nitrogens with zero attached hydrogens (tertiary/aromatic N) is 2. The van der Waals surface area contributed by atoms with E-state index in [1.54, 1.807) is 12.1 Å². The Kier molecular flexibility index (Phi) is 6.09. The molecule has 2 heterocycles. The highest BCUT2D eigenvalue weighted by Gasteiger charge is 2.49. The summed E-state index contributed by atoms with van der Waals surface area (Å²) in [6, 6.07) is 14.8. The minimum Gasteiger partial charge on any atom is -0.495 e. The standard InChI is InChI=1S/C21H21ClN2O4S2/c1-28-18-9-8-15(11-16(18)22)24-17-12-30(26,27)13-19(17)29-21(24)23-20(25)10-7-14-5-3-2-4-6-14/h2-6,8-9,11,17,19H,7,10,12-13H2,1H3/t17-,19-/m0/s1. The van der Waals surface area contributed by atoms with Crippen LogP contribution < -0.4 is 9.64 Å². The number of carbonyl (C=O) groups excluding carboxylic acids is 1. The second kappa shape index (κ2) is 8.61. The van der Waals surface area contributed by atoms with E-state index in [1.807, 2.05) is 41.3 Å². The molecule has 0 radical (unpaired) electrons. The maximum Gasteiger partial charge on any atom is 0.248 e.